The Morgan fingerprint density at radius 1 is 1.25 bits per heavy atom. The first-order valence-corrected chi connectivity index (χ1v) is 7.51. The van der Waals surface area contributed by atoms with Crippen LogP contribution in [0.3, 0.4) is 0 Å². The lowest BCUT2D eigenvalue weighted by Crippen LogP contribution is -2.23. The van der Waals surface area contributed by atoms with E-state index >= 15 is 0 Å². The average Bonchev–Trinajstić information content (AvgIpc) is 2.46. The number of carbonyl (C=O) groups is 1. The monoisotopic (exact) mass is 302 g/mol. The van der Waals surface area contributed by atoms with Crippen LogP contribution in [0.4, 0.5) is 0 Å². The molecule has 0 spiro atoms. The highest BCUT2D eigenvalue weighted by Gasteiger charge is 2.24. The zero-order valence-corrected chi connectivity index (χ0v) is 12.5. The average molecular weight is 302 g/mol. The van der Waals surface area contributed by atoms with Gasteiger partial charge in [0.1, 0.15) is 0 Å². The van der Waals surface area contributed by atoms with Gasteiger partial charge in [-0.2, -0.15) is 0 Å². The molecule has 1 unspecified atom stereocenters. The second-order valence-corrected chi connectivity index (χ2v) is 6.22. The van der Waals surface area contributed by atoms with Gasteiger partial charge in [-0.25, -0.2) is 13.2 Å². The van der Waals surface area contributed by atoms with Gasteiger partial charge in [0, 0.05) is 7.11 Å². The van der Waals surface area contributed by atoms with Gasteiger partial charge < -0.3 is 14.2 Å². The van der Waals surface area contributed by atoms with Crippen molar-refractivity contribution in [2.45, 2.75) is 17.3 Å². The zero-order chi connectivity index (χ0) is 15.2. The molecule has 0 aliphatic rings. The second-order valence-electron chi connectivity index (χ2n) is 4.00. The van der Waals surface area contributed by atoms with E-state index in [0.29, 0.717) is 6.61 Å². The van der Waals surface area contributed by atoms with E-state index < -0.39 is 21.2 Å². The molecular weight excluding hydrogens is 284 g/mol. The predicted octanol–water partition coefficient (Wildman–Crippen LogP) is 1.26. The van der Waals surface area contributed by atoms with Crippen molar-refractivity contribution in [3.63, 3.8) is 0 Å². The minimum atomic E-state index is -3.67. The molecule has 7 heteroatoms. The van der Waals surface area contributed by atoms with Gasteiger partial charge >= 0.3 is 5.97 Å². The number of hydrogen-bond donors (Lipinski definition) is 0. The Bertz CT molecular complexity index is 552. The molecule has 0 fully saturated rings. The maximum Gasteiger partial charge on any atom is 0.337 e. The molecule has 0 amide bonds. The van der Waals surface area contributed by atoms with Gasteiger partial charge in [-0.3, -0.25) is 0 Å². The molecule has 0 bridgehead atoms. The van der Waals surface area contributed by atoms with Crippen LogP contribution < -0.4 is 0 Å². The van der Waals surface area contributed by atoms with Gasteiger partial charge in [-0.15, -0.1) is 0 Å². The molecule has 20 heavy (non-hydrogen) atoms. The summed E-state index contributed by atoms with van der Waals surface area (Å²) in [6.07, 6.45) is 0. The van der Waals surface area contributed by atoms with Crippen LogP contribution in [0.15, 0.2) is 29.2 Å². The number of sulfone groups is 1. The fourth-order valence-electron chi connectivity index (χ4n) is 1.50. The number of methoxy groups -OCH3 is 2. The molecule has 6 nitrogen and oxygen atoms in total. The molecule has 1 aromatic rings. The number of ether oxygens (including phenoxy) is 3. The molecule has 0 N–H and O–H groups in total. The lowest BCUT2D eigenvalue weighted by atomic mass is 10.2. The maximum absolute atomic E-state index is 12.3. The van der Waals surface area contributed by atoms with Crippen molar-refractivity contribution in [3.8, 4) is 0 Å². The molecule has 0 heterocycles. The number of benzene rings is 1. The third kappa shape index (κ3) is 4.03. The summed E-state index contributed by atoms with van der Waals surface area (Å²) < 4.78 is 39.1. The number of rotatable bonds is 7. The molecule has 112 valence electrons. The van der Waals surface area contributed by atoms with E-state index in [4.69, 9.17) is 9.47 Å². The minimum Gasteiger partial charge on any atom is -0.465 e. The molecule has 0 aliphatic carbocycles. The van der Waals surface area contributed by atoms with Crippen LogP contribution in [0, 0.1) is 0 Å². The van der Waals surface area contributed by atoms with Crippen molar-refractivity contribution >= 4 is 15.8 Å². The highest BCUT2D eigenvalue weighted by molar-refractivity contribution is 7.91. The first kappa shape index (κ1) is 16.6. The summed E-state index contributed by atoms with van der Waals surface area (Å²) in [7, 11) is -0.931. The Kier molecular flexibility index (Phi) is 6.12. The quantitative estimate of drug-likeness (QED) is 0.557. The van der Waals surface area contributed by atoms with Crippen molar-refractivity contribution in [2.75, 3.05) is 27.4 Å². The van der Waals surface area contributed by atoms with Gasteiger partial charge in [0.05, 0.1) is 30.8 Å². The Hall–Kier alpha value is -1.44. The summed E-state index contributed by atoms with van der Waals surface area (Å²) in [5, 5.41) is 0. The SMILES string of the molecule is COCCOC(C)S(=O)(=O)c1cccc(C(=O)OC)c1. The first-order valence-electron chi connectivity index (χ1n) is 5.96. The summed E-state index contributed by atoms with van der Waals surface area (Å²) in [6.45, 7) is 1.92. The van der Waals surface area contributed by atoms with E-state index in [0.717, 1.165) is 0 Å². The standard InChI is InChI=1S/C13H18O6S/c1-10(19-8-7-17-2)20(15,16)12-6-4-5-11(9-12)13(14)18-3/h4-6,9-10H,7-8H2,1-3H3. The summed E-state index contributed by atoms with van der Waals surface area (Å²) in [6, 6.07) is 5.66. The molecule has 0 radical (unpaired) electrons. The van der Waals surface area contributed by atoms with Crippen molar-refractivity contribution in [2.24, 2.45) is 0 Å². The van der Waals surface area contributed by atoms with Gasteiger partial charge in [-0.05, 0) is 25.1 Å². The van der Waals surface area contributed by atoms with Crippen LogP contribution in [0.2, 0.25) is 0 Å². The second kappa shape index (κ2) is 7.37. The topological polar surface area (TPSA) is 78.9 Å². The predicted molar refractivity (Wildman–Crippen MR) is 72.3 cm³/mol. The van der Waals surface area contributed by atoms with Gasteiger partial charge in [0.2, 0.25) is 9.84 Å². The van der Waals surface area contributed by atoms with Crippen LogP contribution in [0.5, 0.6) is 0 Å². The van der Waals surface area contributed by atoms with Crippen LogP contribution in [-0.2, 0) is 24.0 Å². The first-order chi connectivity index (χ1) is 9.43. The lowest BCUT2D eigenvalue weighted by Gasteiger charge is -2.14. The Morgan fingerprint density at radius 3 is 2.55 bits per heavy atom. The van der Waals surface area contributed by atoms with E-state index in [2.05, 4.69) is 4.74 Å². The molecule has 0 aromatic heterocycles. The zero-order valence-electron chi connectivity index (χ0n) is 11.7. The van der Waals surface area contributed by atoms with Crippen molar-refractivity contribution in [1.82, 2.24) is 0 Å². The van der Waals surface area contributed by atoms with Gasteiger partial charge in [-0.1, -0.05) is 6.07 Å². The largest absolute Gasteiger partial charge is 0.465 e. The van der Waals surface area contributed by atoms with E-state index in [1.54, 1.807) is 0 Å². The van der Waals surface area contributed by atoms with Crippen LogP contribution >= 0.6 is 0 Å². The minimum absolute atomic E-state index is 0.0188. The summed E-state index contributed by atoms with van der Waals surface area (Å²) in [5.41, 5.74) is -0.844. The van der Waals surface area contributed by atoms with Crippen molar-refractivity contribution < 1.29 is 27.4 Å². The number of hydrogen-bond acceptors (Lipinski definition) is 6. The molecule has 1 aromatic carbocycles. The molecule has 0 saturated carbocycles. The van der Waals surface area contributed by atoms with Crippen molar-refractivity contribution in [3.05, 3.63) is 29.8 Å². The van der Waals surface area contributed by atoms with E-state index in [1.165, 1.54) is 45.4 Å². The third-order valence-electron chi connectivity index (χ3n) is 2.66. The third-order valence-corrected chi connectivity index (χ3v) is 4.58. The number of carbonyl (C=O) groups excluding carboxylic acids is 1. The molecule has 0 saturated heterocycles. The van der Waals surface area contributed by atoms with Crippen molar-refractivity contribution in [1.29, 1.82) is 0 Å². The van der Waals surface area contributed by atoms with E-state index in [-0.39, 0.29) is 17.1 Å². The van der Waals surface area contributed by atoms with E-state index in [9.17, 15) is 13.2 Å². The van der Waals surface area contributed by atoms with Crippen LogP contribution in [0.1, 0.15) is 17.3 Å². The highest BCUT2D eigenvalue weighted by Crippen LogP contribution is 2.18. The van der Waals surface area contributed by atoms with E-state index in [1.807, 2.05) is 0 Å². The summed E-state index contributed by atoms with van der Waals surface area (Å²) in [5.74, 6) is -0.588. The van der Waals surface area contributed by atoms with Crippen LogP contribution in [0.25, 0.3) is 0 Å². The fraction of sp³-hybridized carbons (Fsp3) is 0.462. The highest BCUT2D eigenvalue weighted by atomic mass is 32.2. The van der Waals surface area contributed by atoms with Gasteiger partial charge in [0.25, 0.3) is 0 Å². The fourth-order valence-corrected chi connectivity index (χ4v) is 2.71. The van der Waals surface area contributed by atoms with Gasteiger partial charge in [0.15, 0.2) is 5.44 Å². The summed E-state index contributed by atoms with van der Waals surface area (Å²) in [4.78, 5) is 11.4. The Balaban J connectivity index is 2.94. The Morgan fingerprint density at radius 2 is 1.95 bits per heavy atom. The molecule has 1 atom stereocenters. The maximum atomic E-state index is 12.3. The Labute approximate surface area is 118 Å². The molecular formula is C13H18O6S. The lowest BCUT2D eigenvalue weighted by molar-refractivity contribution is 0.0595. The smallest absolute Gasteiger partial charge is 0.337 e. The summed E-state index contributed by atoms with van der Waals surface area (Å²) >= 11 is 0. The van der Waals surface area contributed by atoms with Crippen LogP contribution in [-0.4, -0.2) is 47.3 Å². The normalized spacial score (nSPS) is 12.9. The molecule has 0 aliphatic heterocycles. The molecule has 1 rings (SSSR count). The number of esters is 1.